The van der Waals surface area contributed by atoms with Crippen molar-refractivity contribution in [3.8, 4) is 0 Å². The second-order valence-corrected chi connectivity index (χ2v) is 6.95. The SMILES string of the molecule is Cn1c(=O)cc(SCC(=O)NN=Cc2ccccc2Cl)c2ccccc21. The van der Waals surface area contributed by atoms with Crippen molar-refractivity contribution in [3.63, 3.8) is 0 Å². The molecule has 0 saturated heterocycles. The molecule has 0 atom stereocenters. The summed E-state index contributed by atoms with van der Waals surface area (Å²) < 4.78 is 1.59. The molecule has 0 aliphatic rings. The summed E-state index contributed by atoms with van der Waals surface area (Å²) in [6.07, 6.45) is 1.50. The lowest BCUT2D eigenvalue weighted by atomic mass is 10.2. The van der Waals surface area contributed by atoms with Crippen molar-refractivity contribution >= 4 is 46.4 Å². The van der Waals surface area contributed by atoms with Gasteiger partial charge in [0.2, 0.25) is 5.91 Å². The number of hydrogen-bond acceptors (Lipinski definition) is 4. The van der Waals surface area contributed by atoms with E-state index in [1.165, 1.54) is 18.0 Å². The van der Waals surface area contributed by atoms with E-state index in [0.29, 0.717) is 5.02 Å². The van der Waals surface area contributed by atoms with E-state index < -0.39 is 0 Å². The lowest BCUT2D eigenvalue weighted by Crippen LogP contribution is -2.20. The van der Waals surface area contributed by atoms with Crippen LogP contribution in [0.25, 0.3) is 10.9 Å². The van der Waals surface area contributed by atoms with Gasteiger partial charge in [0, 0.05) is 34.0 Å². The smallest absolute Gasteiger partial charge is 0.251 e. The van der Waals surface area contributed by atoms with E-state index in [2.05, 4.69) is 10.5 Å². The number of aryl methyl sites for hydroxylation is 1. The predicted octanol–water partition coefficient (Wildman–Crippen LogP) is 3.43. The minimum Gasteiger partial charge on any atom is -0.311 e. The summed E-state index contributed by atoms with van der Waals surface area (Å²) in [4.78, 5) is 24.9. The van der Waals surface area contributed by atoms with Crippen molar-refractivity contribution in [3.05, 3.63) is 75.5 Å². The Kier molecular flexibility index (Phi) is 5.75. The third kappa shape index (κ3) is 4.15. The molecule has 0 saturated carbocycles. The normalized spacial score (nSPS) is 11.2. The molecule has 3 aromatic rings. The summed E-state index contributed by atoms with van der Waals surface area (Å²) in [6.45, 7) is 0. The van der Waals surface area contributed by atoms with Crippen LogP contribution in [0, 0.1) is 0 Å². The molecule has 26 heavy (non-hydrogen) atoms. The first-order valence-corrected chi connectivity index (χ1v) is 9.20. The van der Waals surface area contributed by atoms with E-state index in [4.69, 9.17) is 11.6 Å². The number of thioether (sulfide) groups is 1. The zero-order valence-electron chi connectivity index (χ0n) is 14.0. The van der Waals surface area contributed by atoms with E-state index in [0.717, 1.165) is 21.4 Å². The quantitative estimate of drug-likeness (QED) is 0.415. The minimum absolute atomic E-state index is 0.108. The molecular formula is C19H16ClN3O2S. The molecule has 132 valence electrons. The summed E-state index contributed by atoms with van der Waals surface area (Å²) >= 11 is 7.33. The van der Waals surface area contributed by atoms with Gasteiger partial charge in [0.1, 0.15) is 0 Å². The third-order valence-electron chi connectivity index (χ3n) is 3.77. The first-order valence-electron chi connectivity index (χ1n) is 7.84. The Labute approximate surface area is 159 Å². The number of hydrazone groups is 1. The number of rotatable bonds is 5. The number of amides is 1. The number of carbonyl (C=O) groups is 1. The van der Waals surface area contributed by atoms with Crippen molar-refractivity contribution < 1.29 is 4.79 Å². The van der Waals surface area contributed by atoms with Gasteiger partial charge in [-0.1, -0.05) is 48.0 Å². The molecule has 1 amide bonds. The van der Waals surface area contributed by atoms with E-state index in [-0.39, 0.29) is 17.2 Å². The highest BCUT2D eigenvalue weighted by atomic mass is 35.5. The van der Waals surface area contributed by atoms with Gasteiger partial charge in [-0.2, -0.15) is 5.10 Å². The molecule has 1 N–H and O–H groups in total. The van der Waals surface area contributed by atoms with Crippen LogP contribution in [-0.2, 0) is 11.8 Å². The molecule has 3 rings (SSSR count). The van der Waals surface area contributed by atoms with Gasteiger partial charge in [0.25, 0.3) is 5.56 Å². The van der Waals surface area contributed by atoms with Crippen LogP contribution < -0.4 is 11.0 Å². The van der Waals surface area contributed by atoms with E-state index in [1.807, 2.05) is 36.4 Å². The molecule has 2 aromatic carbocycles. The molecule has 0 radical (unpaired) electrons. The Balaban J connectivity index is 1.67. The second-order valence-electron chi connectivity index (χ2n) is 5.53. The number of carbonyl (C=O) groups excluding carboxylic acids is 1. The van der Waals surface area contributed by atoms with E-state index in [1.54, 1.807) is 29.8 Å². The van der Waals surface area contributed by atoms with Crippen molar-refractivity contribution in [2.75, 3.05) is 5.75 Å². The Bertz CT molecular complexity index is 1050. The summed E-state index contributed by atoms with van der Waals surface area (Å²) in [7, 11) is 1.73. The van der Waals surface area contributed by atoms with Crippen molar-refractivity contribution in [2.45, 2.75) is 4.90 Å². The molecule has 0 spiro atoms. The maximum Gasteiger partial charge on any atom is 0.251 e. The molecular weight excluding hydrogens is 370 g/mol. The summed E-state index contributed by atoms with van der Waals surface area (Å²) in [5.41, 5.74) is 3.92. The van der Waals surface area contributed by atoms with Gasteiger partial charge in [-0.05, 0) is 12.1 Å². The molecule has 5 nitrogen and oxygen atoms in total. The molecule has 7 heteroatoms. The maximum atomic E-state index is 12.1. The molecule has 1 aromatic heterocycles. The van der Waals surface area contributed by atoms with Crippen molar-refractivity contribution in [1.29, 1.82) is 0 Å². The average Bonchev–Trinajstić information content (AvgIpc) is 2.65. The van der Waals surface area contributed by atoms with Gasteiger partial charge in [0.05, 0.1) is 17.5 Å². The Hall–Kier alpha value is -2.57. The van der Waals surface area contributed by atoms with Crippen LogP contribution in [-0.4, -0.2) is 22.4 Å². The molecule has 0 aliphatic carbocycles. The fourth-order valence-electron chi connectivity index (χ4n) is 2.43. The number of benzene rings is 2. The number of para-hydroxylation sites is 1. The minimum atomic E-state index is -0.261. The standard InChI is InChI=1S/C19H16ClN3O2S/c1-23-16-9-5-3-7-14(16)17(10-19(23)25)26-12-18(24)22-21-11-13-6-2-4-8-15(13)20/h2-11H,12H2,1H3,(H,22,24). The zero-order chi connectivity index (χ0) is 18.5. The number of fused-ring (bicyclic) bond motifs is 1. The third-order valence-corrected chi connectivity index (χ3v) is 5.17. The number of halogens is 1. The number of hydrogen-bond donors (Lipinski definition) is 1. The summed E-state index contributed by atoms with van der Waals surface area (Å²) in [5, 5.41) is 5.42. The monoisotopic (exact) mass is 385 g/mol. The fraction of sp³-hybridized carbons (Fsp3) is 0.105. The lowest BCUT2D eigenvalue weighted by molar-refractivity contribution is -0.118. The van der Waals surface area contributed by atoms with Gasteiger partial charge < -0.3 is 4.57 Å². The van der Waals surface area contributed by atoms with Crippen LogP contribution in [0.3, 0.4) is 0 Å². The van der Waals surface area contributed by atoms with Crippen molar-refractivity contribution in [2.24, 2.45) is 12.1 Å². The zero-order valence-corrected chi connectivity index (χ0v) is 15.6. The summed E-state index contributed by atoms with van der Waals surface area (Å²) in [5.74, 6) is -0.111. The van der Waals surface area contributed by atoms with Crippen LogP contribution in [0.2, 0.25) is 5.02 Å². The van der Waals surface area contributed by atoms with Gasteiger partial charge in [0.15, 0.2) is 0 Å². The lowest BCUT2D eigenvalue weighted by Gasteiger charge is -2.09. The largest absolute Gasteiger partial charge is 0.311 e. The Morgan fingerprint density at radius 2 is 1.96 bits per heavy atom. The van der Waals surface area contributed by atoms with Gasteiger partial charge in [-0.25, -0.2) is 5.43 Å². The highest BCUT2D eigenvalue weighted by Gasteiger charge is 2.09. The van der Waals surface area contributed by atoms with Crippen LogP contribution in [0.15, 0.2) is 69.4 Å². The first-order chi connectivity index (χ1) is 12.6. The molecule has 0 bridgehead atoms. The highest BCUT2D eigenvalue weighted by molar-refractivity contribution is 8.00. The van der Waals surface area contributed by atoms with Crippen LogP contribution in [0.4, 0.5) is 0 Å². The first kappa shape index (κ1) is 18.2. The number of aromatic nitrogens is 1. The van der Waals surface area contributed by atoms with Gasteiger partial charge in [-0.15, -0.1) is 11.8 Å². The summed E-state index contributed by atoms with van der Waals surface area (Å²) in [6, 6.07) is 16.4. The van der Waals surface area contributed by atoms with Crippen LogP contribution in [0.1, 0.15) is 5.56 Å². The second kappa shape index (κ2) is 8.21. The molecule has 0 fully saturated rings. The van der Waals surface area contributed by atoms with Gasteiger partial charge >= 0.3 is 0 Å². The molecule has 1 heterocycles. The van der Waals surface area contributed by atoms with Crippen LogP contribution in [0.5, 0.6) is 0 Å². The number of pyridine rings is 1. The average molecular weight is 386 g/mol. The van der Waals surface area contributed by atoms with Gasteiger partial charge in [-0.3, -0.25) is 9.59 Å². The predicted molar refractivity (Wildman–Crippen MR) is 107 cm³/mol. The Morgan fingerprint density at radius 3 is 2.77 bits per heavy atom. The number of nitrogens with one attached hydrogen (secondary N) is 1. The molecule has 0 aliphatic heterocycles. The van der Waals surface area contributed by atoms with E-state index >= 15 is 0 Å². The number of nitrogens with zero attached hydrogens (tertiary/aromatic N) is 2. The fourth-order valence-corrected chi connectivity index (χ4v) is 3.48. The van der Waals surface area contributed by atoms with E-state index in [9.17, 15) is 9.59 Å². The highest BCUT2D eigenvalue weighted by Crippen LogP contribution is 2.25. The topological polar surface area (TPSA) is 63.5 Å². The van der Waals surface area contributed by atoms with Crippen molar-refractivity contribution in [1.82, 2.24) is 9.99 Å². The maximum absolute atomic E-state index is 12.1. The molecule has 0 unspecified atom stereocenters. The van der Waals surface area contributed by atoms with Crippen LogP contribution >= 0.6 is 23.4 Å². The Morgan fingerprint density at radius 1 is 1.23 bits per heavy atom.